The minimum absolute atomic E-state index is 0.0110. The molecule has 3 rings (SSSR count). The maximum Gasteiger partial charge on any atom is 0.410 e. The fraction of sp³-hybridized carbons (Fsp3) is 0.263. The van der Waals surface area contributed by atoms with Crippen LogP contribution in [0.4, 0.5) is 16.2 Å². The van der Waals surface area contributed by atoms with Gasteiger partial charge in [-0.05, 0) is 29.8 Å². The Kier molecular flexibility index (Phi) is 5.18. The Bertz CT molecular complexity index is 731. The molecule has 0 spiro atoms. The lowest BCUT2D eigenvalue weighted by molar-refractivity contribution is -0.118. The molecular weight excluding hydrogens is 318 g/mol. The number of nitrogens with zero attached hydrogens (tertiary/aromatic N) is 2. The summed E-state index contributed by atoms with van der Waals surface area (Å²) in [6.45, 7) is 1.46. The third-order valence-corrected chi connectivity index (χ3v) is 4.16. The zero-order valence-corrected chi connectivity index (χ0v) is 13.9. The van der Waals surface area contributed by atoms with Crippen molar-refractivity contribution in [3.63, 3.8) is 0 Å². The molecule has 1 aliphatic heterocycles. The maximum absolute atomic E-state index is 12.4. The Labute approximate surface area is 146 Å². The van der Waals surface area contributed by atoms with Gasteiger partial charge in [-0.15, -0.1) is 0 Å². The summed E-state index contributed by atoms with van der Waals surface area (Å²) in [4.78, 5) is 27.9. The monoisotopic (exact) mass is 339 g/mol. The summed E-state index contributed by atoms with van der Waals surface area (Å²) < 4.78 is 5.36. The molecule has 2 N–H and O–H groups in total. The predicted molar refractivity (Wildman–Crippen MR) is 96.0 cm³/mol. The number of hydrogen-bond donors (Lipinski definition) is 1. The molecule has 0 aliphatic carbocycles. The minimum Gasteiger partial charge on any atom is -0.445 e. The van der Waals surface area contributed by atoms with E-state index in [1.165, 1.54) is 0 Å². The highest BCUT2D eigenvalue weighted by atomic mass is 16.6. The zero-order chi connectivity index (χ0) is 17.6. The zero-order valence-electron chi connectivity index (χ0n) is 13.9. The molecule has 0 aromatic heterocycles. The maximum atomic E-state index is 12.4. The first-order chi connectivity index (χ1) is 12.1. The molecule has 0 atom stereocenters. The molecule has 1 heterocycles. The third-order valence-electron chi connectivity index (χ3n) is 4.16. The van der Waals surface area contributed by atoms with Gasteiger partial charge in [-0.1, -0.05) is 30.3 Å². The second kappa shape index (κ2) is 7.70. The van der Waals surface area contributed by atoms with Gasteiger partial charge in [-0.2, -0.15) is 0 Å². The summed E-state index contributed by atoms with van der Waals surface area (Å²) in [5.41, 5.74) is 8.07. The van der Waals surface area contributed by atoms with E-state index in [4.69, 9.17) is 10.5 Å². The number of ether oxygens (including phenoxy) is 1. The van der Waals surface area contributed by atoms with E-state index in [9.17, 15) is 9.59 Å². The van der Waals surface area contributed by atoms with Crippen molar-refractivity contribution in [3.8, 4) is 0 Å². The van der Waals surface area contributed by atoms with Crippen LogP contribution in [0.25, 0.3) is 0 Å². The first kappa shape index (κ1) is 16.8. The van der Waals surface area contributed by atoms with E-state index >= 15 is 0 Å². The van der Waals surface area contributed by atoms with Crippen LogP contribution in [0, 0.1) is 0 Å². The average Bonchev–Trinajstić information content (AvgIpc) is 2.83. The first-order valence-corrected chi connectivity index (χ1v) is 8.25. The van der Waals surface area contributed by atoms with Crippen molar-refractivity contribution >= 4 is 23.4 Å². The number of anilines is 2. The SMILES string of the molecule is Nc1ccc(N2CCN(C(=O)OCc3ccccc3)CCC2=O)cc1. The number of rotatable bonds is 3. The van der Waals surface area contributed by atoms with E-state index in [-0.39, 0.29) is 18.9 Å². The lowest BCUT2D eigenvalue weighted by atomic mass is 10.2. The van der Waals surface area contributed by atoms with Gasteiger partial charge in [0, 0.05) is 37.4 Å². The third kappa shape index (κ3) is 4.29. The smallest absolute Gasteiger partial charge is 0.410 e. The minimum atomic E-state index is -0.393. The first-order valence-electron chi connectivity index (χ1n) is 8.25. The number of carbonyl (C=O) groups excluding carboxylic acids is 2. The van der Waals surface area contributed by atoms with Crippen LogP contribution < -0.4 is 10.6 Å². The van der Waals surface area contributed by atoms with Crippen LogP contribution in [0.5, 0.6) is 0 Å². The van der Waals surface area contributed by atoms with Gasteiger partial charge in [0.05, 0.1) is 0 Å². The molecule has 25 heavy (non-hydrogen) atoms. The number of nitrogens with two attached hydrogens (primary N) is 1. The van der Waals surface area contributed by atoms with Crippen LogP contribution in [0.15, 0.2) is 54.6 Å². The second-order valence-corrected chi connectivity index (χ2v) is 5.91. The van der Waals surface area contributed by atoms with Crippen LogP contribution in [-0.2, 0) is 16.1 Å². The molecule has 2 aromatic rings. The molecule has 6 heteroatoms. The van der Waals surface area contributed by atoms with Crippen molar-refractivity contribution in [1.29, 1.82) is 0 Å². The lowest BCUT2D eigenvalue weighted by Gasteiger charge is -2.22. The van der Waals surface area contributed by atoms with E-state index in [1.54, 1.807) is 21.9 Å². The molecule has 0 unspecified atom stereocenters. The fourth-order valence-electron chi connectivity index (χ4n) is 2.74. The summed E-state index contributed by atoms with van der Waals surface area (Å²) in [6, 6.07) is 16.7. The summed E-state index contributed by atoms with van der Waals surface area (Å²) >= 11 is 0. The van der Waals surface area contributed by atoms with E-state index in [1.807, 2.05) is 42.5 Å². The molecule has 0 bridgehead atoms. The summed E-state index contributed by atoms with van der Waals surface area (Å²) in [6.07, 6.45) is -0.124. The number of benzene rings is 2. The molecule has 1 fully saturated rings. The number of hydrogen-bond acceptors (Lipinski definition) is 4. The number of amides is 2. The van der Waals surface area contributed by atoms with E-state index in [0.29, 0.717) is 25.3 Å². The van der Waals surface area contributed by atoms with E-state index in [2.05, 4.69) is 0 Å². The van der Waals surface area contributed by atoms with Crippen molar-refractivity contribution < 1.29 is 14.3 Å². The normalized spacial score (nSPS) is 15.0. The van der Waals surface area contributed by atoms with Crippen molar-refractivity contribution in [2.24, 2.45) is 0 Å². The standard InChI is InChI=1S/C19H21N3O3/c20-16-6-8-17(9-7-16)22-13-12-21(11-10-18(22)23)19(24)25-14-15-4-2-1-3-5-15/h1-9H,10-14,20H2. The molecular formula is C19H21N3O3. The topological polar surface area (TPSA) is 75.9 Å². The van der Waals surface area contributed by atoms with Gasteiger partial charge in [-0.25, -0.2) is 4.79 Å². The molecule has 1 aliphatic rings. The molecule has 0 radical (unpaired) electrons. The van der Waals surface area contributed by atoms with Gasteiger partial charge >= 0.3 is 6.09 Å². The average molecular weight is 339 g/mol. The van der Waals surface area contributed by atoms with Crippen LogP contribution in [-0.4, -0.2) is 36.5 Å². The van der Waals surface area contributed by atoms with Crippen molar-refractivity contribution in [3.05, 3.63) is 60.2 Å². The molecule has 0 saturated carbocycles. The van der Waals surface area contributed by atoms with Crippen molar-refractivity contribution in [1.82, 2.24) is 4.90 Å². The van der Waals surface area contributed by atoms with Crippen LogP contribution in [0.1, 0.15) is 12.0 Å². The lowest BCUT2D eigenvalue weighted by Crippen LogP contribution is -2.36. The van der Waals surface area contributed by atoms with Gasteiger partial charge in [0.1, 0.15) is 6.61 Å². The molecule has 1 saturated heterocycles. The molecule has 2 amide bonds. The quantitative estimate of drug-likeness (QED) is 0.872. The highest BCUT2D eigenvalue weighted by molar-refractivity contribution is 5.94. The predicted octanol–water partition coefficient (Wildman–Crippen LogP) is 2.64. The van der Waals surface area contributed by atoms with Gasteiger partial charge in [0.15, 0.2) is 0 Å². The highest BCUT2D eigenvalue weighted by Crippen LogP contribution is 2.19. The Hall–Kier alpha value is -3.02. The molecule has 6 nitrogen and oxygen atoms in total. The van der Waals surface area contributed by atoms with Gasteiger partial charge in [-0.3, -0.25) is 4.79 Å². The van der Waals surface area contributed by atoms with Crippen molar-refractivity contribution in [2.75, 3.05) is 30.3 Å². The van der Waals surface area contributed by atoms with Crippen LogP contribution in [0.2, 0.25) is 0 Å². The van der Waals surface area contributed by atoms with Crippen LogP contribution >= 0.6 is 0 Å². The summed E-state index contributed by atoms with van der Waals surface area (Å²) in [5, 5.41) is 0. The fourth-order valence-corrected chi connectivity index (χ4v) is 2.74. The summed E-state index contributed by atoms with van der Waals surface area (Å²) in [5.74, 6) is -0.0110. The van der Waals surface area contributed by atoms with E-state index < -0.39 is 6.09 Å². The van der Waals surface area contributed by atoms with E-state index in [0.717, 1.165) is 11.3 Å². The van der Waals surface area contributed by atoms with Gasteiger partial charge in [0.2, 0.25) is 5.91 Å². The van der Waals surface area contributed by atoms with Crippen molar-refractivity contribution in [2.45, 2.75) is 13.0 Å². The Morgan fingerprint density at radius 3 is 2.44 bits per heavy atom. The molecule has 130 valence electrons. The Morgan fingerprint density at radius 1 is 1.00 bits per heavy atom. The molecule has 2 aromatic carbocycles. The number of nitrogen functional groups attached to an aromatic ring is 1. The van der Waals surface area contributed by atoms with Gasteiger partial charge < -0.3 is 20.3 Å². The summed E-state index contributed by atoms with van der Waals surface area (Å²) in [7, 11) is 0. The Morgan fingerprint density at radius 2 is 1.72 bits per heavy atom. The number of carbonyl (C=O) groups is 2. The Balaban J connectivity index is 1.59. The van der Waals surface area contributed by atoms with Gasteiger partial charge in [0.25, 0.3) is 0 Å². The largest absolute Gasteiger partial charge is 0.445 e. The van der Waals surface area contributed by atoms with Crippen LogP contribution in [0.3, 0.4) is 0 Å². The second-order valence-electron chi connectivity index (χ2n) is 5.91. The highest BCUT2D eigenvalue weighted by Gasteiger charge is 2.25.